The Morgan fingerprint density at radius 3 is 2.30 bits per heavy atom. The molecule has 3 nitrogen and oxygen atoms in total. The number of carbonyl (C=O) groups is 1. The Morgan fingerprint density at radius 1 is 1.50 bits per heavy atom. The first-order valence-corrected chi connectivity index (χ1v) is 3.83. The monoisotopic (exact) mass is 160 g/mol. The molecule has 0 aromatic heterocycles. The Balaban J connectivity index is 2.56. The van der Waals surface area contributed by atoms with Gasteiger partial charge >= 0.3 is 0 Å². The molecule has 0 atom stereocenters. The number of nitrogens with one attached hydrogen (secondary N) is 1. The maximum absolute atomic E-state index is 10.8. The first kappa shape index (κ1) is 7.88. The van der Waals surface area contributed by atoms with Crippen molar-refractivity contribution in [3.05, 3.63) is 0 Å². The second-order valence-corrected chi connectivity index (χ2v) is 3.50. The SMILES string of the molecule is NC(=O)C1(S)CCNCC1. The van der Waals surface area contributed by atoms with Gasteiger partial charge in [0.2, 0.25) is 5.91 Å². The van der Waals surface area contributed by atoms with Crippen LogP contribution < -0.4 is 11.1 Å². The van der Waals surface area contributed by atoms with Crippen molar-refractivity contribution in [3.8, 4) is 0 Å². The van der Waals surface area contributed by atoms with E-state index in [4.69, 9.17) is 5.73 Å². The van der Waals surface area contributed by atoms with Crippen molar-refractivity contribution in [1.29, 1.82) is 0 Å². The number of hydrogen-bond acceptors (Lipinski definition) is 3. The Hall–Kier alpha value is -0.220. The highest BCUT2D eigenvalue weighted by Gasteiger charge is 2.33. The molecule has 0 saturated carbocycles. The van der Waals surface area contributed by atoms with Gasteiger partial charge in [0.25, 0.3) is 0 Å². The van der Waals surface area contributed by atoms with Crippen molar-refractivity contribution in [2.45, 2.75) is 17.6 Å². The van der Waals surface area contributed by atoms with Crippen molar-refractivity contribution in [2.75, 3.05) is 13.1 Å². The lowest BCUT2D eigenvalue weighted by Crippen LogP contribution is -2.47. The molecule has 10 heavy (non-hydrogen) atoms. The van der Waals surface area contributed by atoms with E-state index in [1.54, 1.807) is 0 Å². The number of carbonyl (C=O) groups excluding carboxylic acids is 1. The zero-order valence-corrected chi connectivity index (χ0v) is 6.66. The molecule has 58 valence electrons. The Kier molecular flexibility index (Phi) is 2.21. The van der Waals surface area contributed by atoms with Gasteiger partial charge in [-0.05, 0) is 25.9 Å². The summed E-state index contributed by atoms with van der Waals surface area (Å²) < 4.78 is -0.550. The number of rotatable bonds is 1. The minimum Gasteiger partial charge on any atom is -0.368 e. The highest BCUT2D eigenvalue weighted by molar-refractivity contribution is 7.82. The molecule has 0 aromatic carbocycles. The van der Waals surface area contributed by atoms with Gasteiger partial charge in [-0.2, -0.15) is 12.6 Å². The molecular formula is C6H12N2OS. The van der Waals surface area contributed by atoms with E-state index in [0.717, 1.165) is 25.9 Å². The third-order valence-electron chi connectivity index (χ3n) is 1.89. The molecule has 3 N–H and O–H groups in total. The smallest absolute Gasteiger partial charge is 0.233 e. The largest absolute Gasteiger partial charge is 0.368 e. The van der Waals surface area contributed by atoms with Gasteiger partial charge < -0.3 is 11.1 Å². The summed E-state index contributed by atoms with van der Waals surface area (Å²) in [6, 6.07) is 0. The lowest BCUT2D eigenvalue weighted by atomic mass is 9.96. The van der Waals surface area contributed by atoms with Crippen LogP contribution in [0.1, 0.15) is 12.8 Å². The fourth-order valence-electron chi connectivity index (χ4n) is 1.09. The molecule has 1 aliphatic heterocycles. The van der Waals surface area contributed by atoms with Crippen LogP contribution in [0.5, 0.6) is 0 Å². The van der Waals surface area contributed by atoms with Crippen molar-refractivity contribution in [3.63, 3.8) is 0 Å². The van der Waals surface area contributed by atoms with Gasteiger partial charge in [0.1, 0.15) is 0 Å². The Labute approximate surface area is 65.8 Å². The average Bonchev–Trinajstić information content (AvgIpc) is 1.89. The van der Waals surface area contributed by atoms with E-state index in [9.17, 15) is 4.79 Å². The fraction of sp³-hybridized carbons (Fsp3) is 0.833. The molecule has 1 rings (SSSR count). The predicted molar refractivity (Wildman–Crippen MR) is 43.0 cm³/mol. The molecule has 0 radical (unpaired) electrons. The minimum absolute atomic E-state index is 0.294. The molecule has 1 fully saturated rings. The van der Waals surface area contributed by atoms with Crippen LogP contribution in [0.4, 0.5) is 0 Å². The summed E-state index contributed by atoms with van der Waals surface area (Å²) in [4.78, 5) is 10.8. The van der Waals surface area contributed by atoms with Crippen LogP contribution >= 0.6 is 12.6 Å². The molecule has 1 heterocycles. The van der Waals surface area contributed by atoms with Gasteiger partial charge in [0.05, 0.1) is 4.75 Å². The Bertz CT molecular complexity index is 143. The van der Waals surface area contributed by atoms with Gasteiger partial charge in [-0.25, -0.2) is 0 Å². The number of piperidine rings is 1. The fourth-order valence-corrected chi connectivity index (χ4v) is 1.31. The number of thiol groups is 1. The zero-order valence-electron chi connectivity index (χ0n) is 5.76. The van der Waals surface area contributed by atoms with Crippen LogP contribution in [0.3, 0.4) is 0 Å². The first-order chi connectivity index (χ1) is 4.65. The van der Waals surface area contributed by atoms with Crippen LogP contribution in [0.25, 0.3) is 0 Å². The summed E-state index contributed by atoms with van der Waals surface area (Å²) in [7, 11) is 0. The topological polar surface area (TPSA) is 55.1 Å². The van der Waals surface area contributed by atoms with E-state index in [1.165, 1.54) is 0 Å². The van der Waals surface area contributed by atoms with E-state index in [2.05, 4.69) is 17.9 Å². The Morgan fingerprint density at radius 2 is 2.00 bits per heavy atom. The quantitative estimate of drug-likeness (QED) is 0.454. The van der Waals surface area contributed by atoms with Crippen LogP contribution in [-0.4, -0.2) is 23.7 Å². The zero-order chi connectivity index (χ0) is 7.61. The van der Waals surface area contributed by atoms with Crippen LogP contribution in [0.15, 0.2) is 0 Å². The van der Waals surface area contributed by atoms with Crippen LogP contribution in [0, 0.1) is 0 Å². The van der Waals surface area contributed by atoms with Crippen LogP contribution in [-0.2, 0) is 4.79 Å². The maximum Gasteiger partial charge on any atom is 0.233 e. The van der Waals surface area contributed by atoms with Gasteiger partial charge in [-0.3, -0.25) is 4.79 Å². The molecular weight excluding hydrogens is 148 g/mol. The van der Waals surface area contributed by atoms with Gasteiger partial charge in [-0.15, -0.1) is 0 Å². The summed E-state index contributed by atoms with van der Waals surface area (Å²) in [5, 5.41) is 3.14. The number of amides is 1. The summed E-state index contributed by atoms with van der Waals surface area (Å²) in [5.74, 6) is -0.294. The van der Waals surface area contributed by atoms with Crippen molar-refractivity contribution >= 4 is 18.5 Å². The molecule has 0 spiro atoms. The second-order valence-electron chi connectivity index (χ2n) is 2.65. The van der Waals surface area contributed by atoms with E-state index in [1.807, 2.05) is 0 Å². The second kappa shape index (κ2) is 2.80. The third kappa shape index (κ3) is 1.44. The molecule has 0 bridgehead atoms. The maximum atomic E-state index is 10.8. The summed E-state index contributed by atoms with van der Waals surface area (Å²) >= 11 is 4.23. The first-order valence-electron chi connectivity index (χ1n) is 3.38. The lowest BCUT2D eigenvalue weighted by molar-refractivity contribution is -0.120. The number of hydrogen-bond donors (Lipinski definition) is 3. The molecule has 1 saturated heterocycles. The lowest BCUT2D eigenvalue weighted by Gasteiger charge is -2.29. The summed E-state index contributed by atoms with van der Waals surface area (Å²) in [5.41, 5.74) is 5.16. The molecule has 1 amide bonds. The van der Waals surface area contributed by atoms with Crippen molar-refractivity contribution in [1.82, 2.24) is 5.32 Å². The highest BCUT2D eigenvalue weighted by Crippen LogP contribution is 2.24. The summed E-state index contributed by atoms with van der Waals surface area (Å²) in [6.45, 7) is 1.68. The standard InChI is InChI=1S/C6H12N2OS/c7-5(9)6(10)1-3-8-4-2-6/h8,10H,1-4H2,(H2,7,9). The van der Waals surface area contributed by atoms with Gasteiger partial charge in [-0.1, -0.05) is 0 Å². The van der Waals surface area contributed by atoms with E-state index >= 15 is 0 Å². The van der Waals surface area contributed by atoms with Gasteiger partial charge in [0, 0.05) is 0 Å². The van der Waals surface area contributed by atoms with Gasteiger partial charge in [0.15, 0.2) is 0 Å². The van der Waals surface area contributed by atoms with E-state index in [0.29, 0.717) is 0 Å². The predicted octanol–water partition coefficient (Wildman–Crippen LogP) is -0.476. The molecule has 1 aliphatic rings. The average molecular weight is 160 g/mol. The number of nitrogens with two attached hydrogens (primary N) is 1. The van der Waals surface area contributed by atoms with Crippen molar-refractivity contribution < 1.29 is 4.79 Å². The minimum atomic E-state index is -0.550. The third-order valence-corrected chi connectivity index (χ3v) is 2.56. The van der Waals surface area contributed by atoms with E-state index in [-0.39, 0.29) is 5.91 Å². The number of primary amides is 1. The highest BCUT2D eigenvalue weighted by atomic mass is 32.1. The molecule has 4 heteroatoms. The van der Waals surface area contributed by atoms with Crippen molar-refractivity contribution in [2.24, 2.45) is 5.73 Å². The molecule has 0 aliphatic carbocycles. The van der Waals surface area contributed by atoms with E-state index < -0.39 is 4.75 Å². The summed E-state index contributed by atoms with van der Waals surface area (Å²) in [6.07, 6.45) is 1.48. The molecule has 0 unspecified atom stereocenters. The normalized spacial score (nSPS) is 24.1. The van der Waals surface area contributed by atoms with Crippen LogP contribution in [0.2, 0.25) is 0 Å². The molecule has 0 aromatic rings.